The zero-order chi connectivity index (χ0) is 42.2. The summed E-state index contributed by atoms with van der Waals surface area (Å²) in [6.45, 7) is 0. The summed E-state index contributed by atoms with van der Waals surface area (Å²) < 4.78 is 6.72. The lowest BCUT2D eigenvalue weighted by molar-refractivity contribution is 0.436. The van der Waals surface area contributed by atoms with Gasteiger partial charge in [-0.3, -0.25) is 0 Å². The third-order valence-corrected chi connectivity index (χ3v) is 14.0. The predicted octanol–water partition coefficient (Wildman–Crippen LogP) is 15.7. The third-order valence-electron chi connectivity index (χ3n) is 14.0. The van der Waals surface area contributed by atoms with Crippen LogP contribution in [0.15, 0.2) is 249 Å². The Morgan fingerprint density at radius 2 is 0.672 bits per heavy atom. The fourth-order valence-electron chi connectivity index (χ4n) is 11.5. The molecule has 1 aliphatic heterocycles. The van der Waals surface area contributed by atoms with Gasteiger partial charge in [0, 0.05) is 28.2 Å². The minimum atomic E-state index is -0.597. The van der Waals surface area contributed by atoms with E-state index in [2.05, 4.69) is 254 Å². The van der Waals surface area contributed by atoms with Gasteiger partial charge in [0.15, 0.2) is 0 Å². The highest BCUT2D eigenvalue weighted by Crippen LogP contribution is 2.63. The lowest BCUT2D eigenvalue weighted by atomic mass is 9.66. The maximum absolute atomic E-state index is 6.72. The lowest BCUT2D eigenvalue weighted by Gasteiger charge is -2.39. The molecule has 2 heteroatoms. The molecule has 2 aliphatic carbocycles. The van der Waals surface area contributed by atoms with Crippen LogP contribution >= 0.6 is 0 Å². The van der Waals surface area contributed by atoms with Gasteiger partial charge >= 0.3 is 0 Å². The van der Waals surface area contributed by atoms with E-state index in [-0.39, 0.29) is 0 Å². The first-order valence-electron chi connectivity index (χ1n) is 22.2. The van der Waals surface area contributed by atoms with E-state index in [9.17, 15) is 0 Å². The summed E-state index contributed by atoms with van der Waals surface area (Å²) in [6.07, 6.45) is 0. The molecule has 64 heavy (non-hydrogen) atoms. The van der Waals surface area contributed by atoms with Crippen molar-refractivity contribution >= 4 is 17.1 Å². The Kier molecular flexibility index (Phi) is 8.07. The summed E-state index contributed by atoms with van der Waals surface area (Å²) in [7, 11) is 0. The molecule has 0 radical (unpaired) electrons. The van der Waals surface area contributed by atoms with Gasteiger partial charge < -0.3 is 9.64 Å². The topological polar surface area (TPSA) is 12.5 Å². The fourth-order valence-corrected chi connectivity index (χ4v) is 11.5. The van der Waals surface area contributed by atoms with Crippen LogP contribution in [0.2, 0.25) is 0 Å². The maximum Gasteiger partial charge on any atom is 0.132 e. The monoisotopic (exact) mass is 815 g/mol. The second kappa shape index (κ2) is 14.2. The third kappa shape index (κ3) is 5.08. The number of nitrogens with zero attached hydrogens (tertiary/aromatic N) is 1. The highest BCUT2D eigenvalue weighted by Gasteiger charge is 2.51. The van der Waals surface area contributed by atoms with Crippen molar-refractivity contribution in [1.29, 1.82) is 0 Å². The summed E-state index contributed by atoms with van der Waals surface area (Å²) in [5.41, 5.74) is 19.3. The average molecular weight is 816 g/mol. The van der Waals surface area contributed by atoms with Crippen LogP contribution in [0, 0.1) is 0 Å². The summed E-state index contributed by atoms with van der Waals surface area (Å²) in [5, 5.41) is 0. The largest absolute Gasteiger partial charge is 0.457 e. The minimum absolute atomic E-state index is 0.541. The molecule has 3 aliphatic rings. The van der Waals surface area contributed by atoms with Crippen LogP contribution in [-0.4, -0.2) is 0 Å². The van der Waals surface area contributed by atoms with E-state index in [1.54, 1.807) is 0 Å². The lowest BCUT2D eigenvalue weighted by Crippen LogP contribution is -2.32. The molecule has 0 unspecified atom stereocenters. The highest BCUT2D eigenvalue weighted by molar-refractivity contribution is 5.93. The number of fused-ring (bicyclic) bond motifs is 12. The van der Waals surface area contributed by atoms with Gasteiger partial charge in [-0.15, -0.1) is 0 Å². The van der Waals surface area contributed by atoms with Crippen LogP contribution in [0.3, 0.4) is 0 Å². The van der Waals surface area contributed by atoms with Crippen molar-refractivity contribution in [2.24, 2.45) is 0 Å². The van der Waals surface area contributed by atoms with E-state index in [0.29, 0.717) is 0 Å². The normalized spacial score (nSPS) is 14.0. The van der Waals surface area contributed by atoms with Crippen molar-refractivity contribution in [2.75, 3.05) is 4.90 Å². The van der Waals surface area contributed by atoms with Crippen molar-refractivity contribution < 1.29 is 4.74 Å². The predicted molar refractivity (Wildman–Crippen MR) is 261 cm³/mol. The molecule has 1 spiro atoms. The zero-order valence-electron chi connectivity index (χ0n) is 35.0. The number of hydrogen-bond donors (Lipinski definition) is 0. The SMILES string of the molecule is c1ccc(-c2cccc(N(c3ccc4c(c3)C(c3ccccc3)(c3ccccc3)c3ccccc3-4)c3ccc4c(c3)C3(c5ccccc5Oc5ccccc53)c3ccccc3-4)c2)cc1. The maximum atomic E-state index is 6.72. The molecular formula is C62H41NO. The molecule has 0 amide bonds. The van der Waals surface area contributed by atoms with Gasteiger partial charge in [-0.2, -0.15) is 0 Å². The number of anilines is 3. The van der Waals surface area contributed by atoms with Gasteiger partial charge in [0.05, 0.1) is 10.8 Å². The smallest absolute Gasteiger partial charge is 0.132 e. The van der Waals surface area contributed by atoms with Crippen molar-refractivity contribution in [3.05, 3.63) is 293 Å². The van der Waals surface area contributed by atoms with Crippen LogP contribution in [0.1, 0.15) is 44.5 Å². The second-order valence-electron chi connectivity index (χ2n) is 17.1. The molecule has 10 aromatic carbocycles. The standard InChI is InChI=1S/C62H41NO/c1-4-19-42(20-5-1)43-21-18-26-46(39-43)63(47-35-37-51-49-27-10-12-29-53(49)61(57(51)40-47,44-22-6-2-7-23-44)45-24-8-3-9-25-45)48-36-38-52-50-28-11-13-30-54(50)62(58(52)41-48)55-31-14-16-33-59(55)64-60-34-17-15-32-56(60)62/h1-41H. The van der Waals surface area contributed by atoms with E-state index in [4.69, 9.17) is 4.74 Å². The second-order valence-corrected chi connectivity index (χ2v) is 17.1. The Labute approximate surface area is 374 Å². The van der Waals surface area contributed by atoms with Crippen molar-refractivity contribution in [1.82, 2.24) is 0 Å². The molecular weight excluding hydrogens is 775 g/mol. The Bertz CT molecular complexity index is 3340. The number of benzene rings is 10. The Balaban J connectivity index is 1.10. The summed E-state index contributed by atoms with van der Waals surface area (Å²) in [4.78, 5) is 2.48. The van der Waals surface area contributed by atoms with Crippen molar-refractivity contribution in [3.63, 3.8) is 0 Å². The van der Waals surface area contributed by atoms with Crippen LogP contribution in [0.4, 0.5) is 17.1 Å². The molecule has 1 heterocycles. The molecule has 0 atom stereocenters. The Hall–Kier alpha value is -8.20. The van der Waals surface area contributed by atoms with Gasteiger partial charge in [-0.05, 0) is 115 Å². The summed E-state index contributed by atoms with van der Waals surface area (Å²) >= 11 is 0. The van der Waals surface area contributed by atoms with Gasteiger partial charge in [-0.25, -0.2) is 0 Å². The molecule has 13 rings (SSSR count). The molecule has 0 saturated carbocycles. The van der Waals surface area contributed by atoms with Gasteiger partial charge in [-0.1, -0.05) is 200 Å². The summed E-state index contributed by atoms with van der Waals surface area (Å²) in [6, 6.07) is 91.4. The molecule has 0 N–H and O–H groups in total. The Morgan fingerprint density at radius 1 is 0.266 bits per heavy atom. The zero-order valence-corrected chi connectivity index (χ0v) is 35.0. The highest BCUT2D eigenvalue weighted by atomic mass is 16.5. The van der Waals surface area contributed by atoms with Gasteiger partial charge in [0.1, 0.15) is 11.5 Å². The van der Waals surface area contributed by atoms with Gasteiger partial charge in [0.25, 0.3) is 0 Å². The van der Waals surface area contributed by atoms with Crippen LogP contribution in [0.25, 0.3) is 33.4 Å². The first-order valence-corrected chi connectivity index (χ1v) is 22.2. The number of hydrogen-bond acceptors (Lipinski definition) is 2. The average Bonchev–Trinajstić information content (AvgIpc) is 3.83. The molecule has 0 saturated heterocycles. The molecule has 0 fully saturated rings. The van der Waals surface area contributed by atoms with Crippen LogP contribution < -0.4 is 9.64 Å². The van der Waals surface area contributed by atoms with E-state index in [0.717, 1.165) is 45.3 Å². The van der Waals surface area contributed by atoms with E-state index >= 15 is 0 Å². The first-order chi connectivity index (χ1) is 31.7. The fraction of sp³-hybridized carbons (Fsp3) is 0.0323. The minimum Gasteiger partial charge on any atom is -0.457 e. The Morgan fingerprint density at radius 3 is 1.23 bits per heavy atom. The molecule has 0 bridgehead atoms. The van der Waals surface area contributed by atoms with Crippen LogP contribution in [0.5, 0.6) is 11.5 Å². The van der Waals surface area contributed by atoms with E-state index in [1.165, 1.54) is 61.2 Å². The van der Waals surface area contributed by atoms with Crippen molar-refractivity contribution in [2.45, 2.75) is 10.8 Å². The molecule has 300 valence electrons. The first kappa shape index (κ1) is 36.5. The van der Waals surface area contributed by atoms with Crippen molar-refractivity contribution in [3.8, 4) is 44.9 Å². The number of ether oxygens (including phenoxy) is 1. The number of rotatable bonds is 6. The number of para-hydroxylation sites is 2. The summed E-state index contributed by atoms with van der Waals surface area (Å²) in [5.74, 6) is 1.77. The molecule has 0 aromatic heterocycles. The van der Waals surface area contributed by atoms with E-state index < -0.39 is 10.8 Å². The molecule has 2 nitrogen and oxygen atoms in total. The quantitative estimate of drug-likeness (QED) is 0.166. The van der Waals surface area contributed by atoms with Crippen LogP contribution in [-0.2, 0) is 10.8 Å². The van der Waals surface area contributed by atoms with E-state index in [1.807, 2.05) is 0 Å². The molecule has 10 aromatic rings. The van der Waals surface area contributed by atoms with Gasteiger partial charge in [0.2, 0.25) is 0 Å².